The second-order valence-corrected chi connectivity index (χ2v) is 3.71. The van der Waals surface area contributed by atoms with Gasteiger partial charge in [0, 0.05) is 0 Å². The molecular weight excluding hydrogens is 120 g/mol. The van der Waals surface area contributed by atoms with Crippen LogP contribution in [0.25, 0.3) is 0 Å². The second kappa shape index (κ2) is 4.54. The predicted molar refractivity (Wildman–Crippen MR) is 48.1 cm³/mol. The van der Waals surface area contributed by atoms with E-state index in [1.165, 1.54) is 18.4 Å². The summed E-state index contributed by atoms with van der Waals surface area (Å²) in [6, 6.07) is 0. The summed E-state index contributed by atoms with van der Waals surface area (Å²) in [6.45, 7) is 11.2. The van der Waals surface area contributed by atoms with Crippen LogP contribution >= 0.6 is 0 Å². The quantitative estimate of drug-likeness (QED) is 0.523. The van der Waals surface area contributed by atoms with Crippen LogP contribution in [0.4, 0.5) is 0 Å². The Morgan fingerprint density at radius 3 is 1.90 bits per heavy atom. The highest BCUT2D eigenvalue weighted by atomic mass is 14.0. The fraction of sp³-hybridized carbons (Fsp3) is 0.800. The Balaban J connectivity index is 3.60. The van der Waals surface area contributed by atoms with Crippen LogP contribution in [0.15, 0.2) is 11.1 Å². The average molecular weight is 140 g/mol. The zero-order valence-corrected chi connectivity index (χ0v) is 7.99. The summed E-state index contributed by atoms with van der Waals surface area (Å²) in [5, 5.41) is 0. The molecule has 0 radical (unpaired) electrons. The predicted octanol–water partition coefficient (Wildman–Crippen LogP) is 3.78. The Kier molecular flexibility index (Phi) is 4.42. The molecule has 0 amide bonds. The largest absolute Gasteiger partial charge is 0.0775 e. The number of rotatable bonds is 3. The van der Waals surface area contributed by atoms with Crippen LogP contribution in [0.1, 0.15) is 47.5 Å². The maximum atomic E-state index is 2.28. The summed E-state index contributed by atoms with van der Waals surface area (Å²) >= 11 is 0. The van der Waals surface area contributed by atoms with Gasteiger partial charge in [-0.2, -0.15) is 0 Å². The van der Waals surface area contributed by atoms with E-state index in [2.05, 4.69) is 34.6 Å². The van der Waals surface area contributed by atoms with Gasteiger partial charge in [-0.1, -0.05) is 25.0 Å². The minimum atomic E-state index is 0.842. The van der Waals surface area contributed by atoms with Crippen LogP contribution < -0.4 is 0 Å². The Labute approximate surface area is 65.3 Å². The van der Waals surface area contributed by atoms with Gasteiger partial charge in [0.05, 0.1) is 0 Å². The minimum absolute atomic E-state index is 0.842. The fourth-order valence-corrected chi connectivity index (χ4v) is 0.755. The molecule has 0 fully saturated rings. The Morgan fingerprint density at radius 1 is 1.10 bits per heavy atom. The molecule has 0 rings (SSSR count). The van der Waals surface area contributed by atoms with Crippen molar-refractivity contribution in [2.75, 3.05) is 0 Å². The molecule has 0 atom stereocenters. The van der Waals surface area contributed by atoms with Gasteiger partial charge in [-0.3, -0.25) is 0 Å². The molecule has 0 nitrogen and oxygen atoms in total. The van der Waals surface area contributed by atoms with Crippen molar-refractivity contribution in [2.45, 2.75) is 47.5 Å². The second-order valence-electron chi connectivity index (χ2n) is 3.71. The average Bonchev–Trinajstić information content (AvgIpc) is 1.82. The molecule has 0 heteroatoms. The van der Waals surface area contributed by atoms with E-state index < -0.39 is 0 Å². The van der Waals surface area contributed by atoms with E-state index >= 15 is 0 Å². The topological polar surface area (TPSA) is 0 Å². The van der Waals surface area contributed by atoms with Crippen LogP contribution in [0, 0.1) is 5.92 Å². The van der Waals surface area contributed by atoms with Gasteiger partial charge >= 0.3 is 0 Å². The SMILES string of the molecule is CC(C)=C(C)CCC(C)C. The van der Waals surface area contributed by atoms with Gasteiger partial charge in [-0.05, 0) is 39.5 Å². The highest BCUT2D eigenvalue weighted by Gasteiger charge is 1.95. The third kappa shape index (κ3) is 4.60. The van der Waals surface area contributed by atoms with Gasteiger partial charge in [0.1, 0.15) is 0 Å². The van der Waals surface area contributed by atoms with Gasteiger partial charge in [0.2, 0.25) is 0 Å². The molecule has 0 aromatic rings. The molecule has 0 aromatic heterocycles. The van der Waals surface area contributed by atoms with Crippen molar-refractivity contribution in [1.82, 2.24) is 0 Å². The molecule has 0 unspecified atom stereocenters. The molecule has 10 heavy (non-hydrogen) atoms. The first-order valence-electron chi connectivity index (χ1n) is 4.17. The lowest BCUT2D eigenvalue weighted by Gasteiger charge is -2.05. The van der Waals surface area contributed by atoms with E-state index in [1.807, 2.05) is 0 Å². The Morgan fingerprint density at radius 2 is 1.60 bits per heavy atom. The summed E-state index contributed by atoms with van der Waals surface area (Å²) in [6.07, 6.45) is 2.61. The Hall–Kier alpha value is -0.260. The van der Waals surface area contributed by atoms with Gasteiger partial charge < -0.3 is 0 Å². The third-order valence-electron chi connectivity index (χ3n) is 1.95. The van der Waals surface area contributed by atoms with Crippen molar-refractivity contribution >= 4 is 0 Å². The van der Waals surface area contributed by atoms with Crippen LogP contribution in [-0.4, -0.2) is 0 Å². The van der Waals surface area contributed by atoms with Crippen molar-refractivity contribution in [3.05, 3.63) is 11.1 Å². The molecule has 60 valence electrons. The zero-order valence-electron chi connectivity index (χ0n) is 7.99. The van der Waals surface area contributed by atoms with E-state index in [-0.39, 0.29) is 0 Å². The van der Waals surface area contributed by atoms with E-state index in [0.29, 0.717) is 0 Å². The lowest BCUT2D eigenvalue weighted by Crippen LogP contribution is -1.88. The minimum Gasteiger partial charge on any atom is -0.0775 e. The molecule has 0 saturated heterocycles. The summed E-state index contributed by atoms with van der Waals surface area (Å²) in [5.74, 6) is 0.842. The number of hydrogen-bond donors (Lipinski definition) is 0. The van der Waals surface area contributed by atoms with Crippen molar-refractivity contribution in [3.8, 4) is 0 Å². The lowest BCUT2D eigenvalue weighted by atomic mass is 10.0. The van der Waals surface area contributed by atoms with Gasteiger partial charge in [0.15, 0.2) is 0 Å². The molecule has 0 bridgehead atoms. The molecule has 0 aliphatic carbocycles. The van der Waals surface area contributed by atoms with Gasteiger partial charge in [0.25, 0.3) is 0 Å². The maximum Gasteiger partial charge on any atom is -0.0318 e. The molecule has 0 spiro atoms. The van der Waals surface area contributed by atoms with Crippen LogP contribution in [0.2, 0.25) is 0 Å². The molecule has 0 aromatic carbocycles. The van der Waals surface area contributed by atoms with Crippen molar-refractivity contribution in [1.29, 1.82) is 0 Å². The van der Waals surface area contributed by atoms with Crippen LogP contribution in [0.5, 0.6) is 0 Å². The highest BCUT2D eigenvalue weighted by Crippen LogP contribution is 2.13. The van der Waals surface area contributed by atoms with Crippen molar-refractivity contribution in [2.24, 2.45) is 5.92 Å². The molecule has 0 heterocycles. The third-order valence-corrected chi connectivity index (χ3v) is 1.95. The fourth-order valence-electron chi connectivity index (χ4n) is 0.755. The smallest absolute Gasteiger partial charge is 0.0318 e. The molecule has 0 N–H and O–H groups in total. The first kappa shape index (κ1) is 9.74. The Bertz CT molecular complexity index is 114. The number of allylic oxidation sites excluding steroid dienone is 2. The number of hydrogen-bond acceptors (Lipinski definition) is 0. The van der Waals surface area contributed by atoms with Crippen LogP contribution in [0.3, 0.4) is 0 Å². The normalized spacial score (nSPS) is 10.2. The zero-order chi connectivity index (χ0) is 8.15. The van der Waals surface area contributed by atoms with E-state index in [9.17, 15) is 0 Å². The summed E-state index contributed by atoms with van der Waals surface area (Å²) < 4.78 is 0. The molecule has 0 aliphatic heterocycles. The van der Waals surface area contributed by atoms with Crippen molar-refractivity contribution < 1.29 is 0 Å². The van der Waals surface area contributed by atoms with Gasteiger partial charge in [-0.25, -0.2) is 0 Å². The summed E-state index contributed by atoms with van der Waals surface area (Å²) in [7, 11) is 0. The van der Waals surface area contributed by atoms with Gasteiger partial charge in [-0.15, -0.1) is 0 Å². The summed E-state index contributed by atoms with van der Waals surface area (Å²) in [5.41, 5.74) is 3.05. The maximum absolute atomic E-state index is 2.28. The van der Waals surface area contributed by atoms with E-state index in [4.69, 9.17) is 0 Å². The standard InChI is InChI=1S/C10H20/c1-8(2)6-7-10(5)9(3)4/h8H,6-7H2,1-5H3. The molecular formula is C10H20. The van der Waals surface area contributed by atoms with E-state index in [1.54, 1.807) is 5.57 Å². The van der Waals surface area contributed by atoms with Crippen molar-refractivity contribution in [3.63, 3.8) is 0 Å². The highest BCUT2D eigenvalue weighted by molar-refractivity contribution is 5.06. The summed E-state index contributed by atoms with van der Waals surface area (Å²) in [4.78, 5) is 0. The van der Waals surface area contributed by atoms with E-state index in [0.717, 1.165) is 5.92 Å². The first-order valence-corrected chi connectivity index (χ1v) is 4.17. The molecule has 0 saturated carbocycles. The van der Waals surface area contributed by atoms with Crippen LogP contribution in [-0.2, 0) is 0 Å². The molecule has 0 aliphatic rings. The monoisotopic (exact) mass is 140 g/mol. The first-order chi connectivity index (χ1) is 4.54. The lowest BCUT2D eigenvalue weighted by molar-refractivity contribution is 0.583.